The summed E-state index contributed by atoms with van der Waals surface area (Å²) in [6.45, 7) is 3.89. The first-order valence-electron chi connectivity index (χ1n) is 11.0. The summed E-state index contributed by atoms with van der Waals surface area (Å²) in [6.07, 6.45) is 4.22. The topological polar surface area (TPSA) is 56.7 Å². The van der Waals surface area contributed by atoms with Crippen LogP contribution >= 0.6 is 23.5 Å². The minimum Gasteiger partial charge on any atom is -0.345 e. The zero-order valence-corrected chi connectivity index (χ0v) is 20.1. The summed E-state index contributed by atoms with van der Waals surface area (Å²) in [6, 6.07) is 12.7. The molecule has 0 bridgehead atoms. The number of hydrazone groups is 1. The van der Waals surface area contributed by atoms with Gasteiger partial charge in [-0.2, -0.15) is 5.10 Å². The molecule has 176 valence electrons. The molecule has 1 saturated carbocycles. The average molecular weight is 501 g/mol. The predicted octanol–water partition coefficient (Wildman–Crippen LogP) is 5.03. The first kappa shape index (κ1) is 22.9. The van der Waals surface area contributed by atoms with Crippen LogP contribution < -0.4 is 9.73 Å². The van der Waals surface area contributed by atoms with Crippen molar-refractivity contribution < 1.29 is 8.78 Å². The highest BCUT2D eigenvalue weighted by Gasteiger charge is 2.53. The van der Waals surface area contributed by atoms with Crippen LogP contribution in [-0.2, 0) is 0 Å². The maximum absolute atomic E-state index is 15.0. The highest BCUT2D eigenvalue weighted by molar-refractivity contribution is 7.97. The quantitative estimate of drug-likeness (QED) is 0.229. The highest BCUT2D eigenvalue weighted by Crippen LogP contribution is 2.45. The highest BCUT2D eigenvalue weighted by atomic mass is 35.5. The van der Waals surface area contributed by atoms with Crippen LogP contribution in [0.4, 0.5) is 14.7 Å². The molecule has 1 saturated heterocycles. The van der Waals surface area contributed by atoms with Gasteiger partial charge in [0.1, 0.15) is 5.82 Å². The molecule has 3 aromatic rings. The van der Waals surface area contributed by atoms with E-state index in [9.17, 15) is 4.39 Å². The summed E-state index contributed by atoms with van der Waals surface area (Å²) in [4.78, 5) is 16.6. The van der Waals surface area contributed by atoms with Crippen molar-refractivity contribution in [3.8, 4) is 0 Å². The molecule has 5 rings (SSSR count). The normalized spacial score (nSPS) is 17.2. The SMILES string of the molecule is Cc1ccc(SN/N=C(/c2ccc(Cl)cc2F)N2CCN(c3ncc(F)cn3)CC23CC3)cc1. The third kappa shape index (κ3) is 4.81. The van der Waals surface area contributed by atoms with Crippen molar-refractivity contribution in [3.05, 3.63) is 82.6 Å². The van der Waals surface area contributed by atoms with E-state index < -0.39 is 11.6 Å². The molecule has 0 radical (unpaired) electrons. The Bertz CT molecular complexity index is 1200. The predicted molar refractivity (Wildman–Crippen MR) is 131 cm³/mol. The molecule has 1 aliphatic carbocycles. The molecule has 0 unspecified atom stereocenters. The second-order valence-electron chi connectivity index (χ2n) is 8.56. The molecule has 1 aliphatic heterocycles. The van der Waals surface area contributed by atoms with Crippen molar-refractivity contribution >= 4 is 35.3 Å². The van der Waals surface area contributed by atoms with E-state index in [-0.39, 0.29) is 5.54 Å². The van der Waals surface area contributed by atoms with Crippen molar-refractivity contribution in [1.29, 1.82) is 0 Å². The van der Waals surface area contributed by atoms with Gasteiger partial charge in [-0.25, -0.2) is 23.6 Å². The lowest BCUT2D eigenvalue weighted by Crippen LogP contribution is -2.58. The zero-order chi connectivity index (χ0) is 23.7. The van der Waals surface area contributed by atoms with Gasteiger partial charge in [0, 0.05) is 41.5 Å². The lowest BCUT2D eigenvalue weighted by molar-refractivity contribution is 0.257. The Morgan fingerprint density at radius 3 is 2.50 bits per heavy atom. The molecule has 1 N–H and O–H groups in total. The molecule has 2 aliphatic rings. The van der Waals surface area contributed by atoms with E-state index >= 15 is 4.39 Å². The largest absolute Gasteiger partial charge is 0.345 e. The number of aryl methyl sites for hydroxylation is 1. The van der Waals surface area contributed by atoms with E-state index in [1.807, 2.05) is 36.1 Å². The fraction of sp³-hybridized carbons (Fsp3) is 0.292. The lowest BCUT2D eigenvalue weighted by Gasteiger charge is -2.43. The molecule has 10 heteroatoms. The van der Waals surface area contributed by atoms with E-state index in [2.05, 4.69) is 24.8 Å². The second kappa shape index (κ2) is 9.38. The van der Waals surface area contributed by atoms with Crippen molar-refractivity contribution in [3.63, 3.8) is 0 Å². The number of nitrogens with one attached hydrogen (secondary N) is 1. The summed E-state index contributed by atoms with van der Waals surface area (Å²) in [5.74, 6) is 0.143. The minimum absolute atomic E-state index is 0.211. The van der Waals surface area contributed by atoms with Gasteiger partial charge in [0.05, 0.1) is 23.5 Å². The first-order chi connectivity index (χ1) is 16.4. The first-order valence-corrected chi connectivity index (χ1v) is 12.1. The van der Waals surface area contributed by atoms with Gasteiger partial charge in [-0.15, -0.1) is 0 Å². The number of benzene rings is 2. The van der Waals surface area contributed by atoms with Gasteiger partial charge in [0.2, 0.25) is 5.95 Å². The number of hydrogen-bond donors (Lipinski definition) is 1. The van der Waals surface area contributed by atoms with Gasteiger partial charge in [0.25, 0.3) is 0 Å². The second-order valence-corrected chi connectivity index (χ2v) is 9.86. The van der Waals surface area contributed by atoms with Crippen LogP contribution in [0.5, 0.6) is 0 Å². The third-order valence-electron chi connectivity index (χ3n) is 6.13. The Morgan fingerprint density at radius 2 is 1.82 bits per heavy atom. The van der Waals surface area contributed by atoms with Crippen LogP contribution in [-0.4, -0.2) is 45.9 Å². The monoisotopic (exact) mass is 500 g/mol. The van der Waals surface area contributed by atoms with Crippen LogP contribution in [0.2, 0.25) is 5.02 Å². The smallest absolute Gasteiger partial charge is 0.225 e. The number of hydrogen-bond acceptors (Lipinski definition) is 6. The molecule has 2 aromatic carbocycles. The van der Waals surface area contributed by atoms with E-state index in [4.69, 9.17) is 11.6 Å². The minimum atomic E-state index is -0.465. The van der Waals surface area contributed by atoms with E-state index in [0.29, 0.717) is 42.0 Å². The molecule has 2 fully saturated rings. The third-order valence-corrected chi connectivity index (χ3v) is 7.06. The molecule has 1 aromatic heterocycles. The van der Waals surface area contributed by atoms with E-state index in [1.165, 1.54) is 36.0 Å². The maximum Gasteiger partial charge on any atom is 0.225 e. The molecular formula is C24H23ClF2N6S. The standard InChI is InChI=1S/C24H23ClF2N6S/c1-16-2-5-19(6-3-16)34-31-30-22(20-7-4-17(25)12-21(20)27)33-11-10-32(15-24(33)8-9-24)23-28-13-18(26)14-29-23/h2-7,12-14,31H,8-11,15H2,1H3/b30-22-. The number of rotatable bonds is 5. The number of piperazine rings is 1. The Hall–Kier alpha value is -2.91. The van der Waals surface area contributed by atoms with Gasteiger partial charge in [-0.05, 0) is 50.1 Å². The summed E-state index contributed by atoms with van der Waals surface area (Å²) in [5.41, 5.74) is 1.35. The van der Waals surface area contributed by atoms with Crippen molar-refractivity contribution in [2.75, 3.05) is 24.5 Å². The van der Waals surface area contributed by atoms with Crippen molar-refractivity contribution in [1.82, 2.24) is 19.7 Å². The van der Waals surface area contributed by atoms with E-state index in [1.54, 1.807) is 12.1 Å². The average Bonchev–Trinajstić information content (AvgIpc) is 3.59. The van der Waals surface area contributed by atoms with Gasteiger partial charge in [-0.3, -0.25) is 0 Å². The number of halogens is 3. The molecule has 1 spiro atoms. The van der Waals surface area contributed by atoms with Gasteiger partial charge >= 0.3 is 0 Å². The fourth-order valence-corrected chi connectivity index (χ4v) is 4.85. The Balaban J connectivity index is 1.41. The number of amidine groups is 1. The molecule has 0 amide bonds. The molecule has 6 nitrogen and oxygen atoms in total. The summed E-state index contributed by atoms with van der Waals surface area (Å²) >= 11 is 7.38. The Kier molecular flexibility index (Phi) is 6.31. The van der Waals surface area contributed by atoms with Crippen molar-refractivity contribution in [2.45, 2.75) is 30.2 Å². The summed E-state index contributed by atoms with van der Waals surface area (Å²) in [7, 11) is 0. The molecular weight excluding hydrogens is 478 g/mol. The molecule has 2 heterocycles. The van der Waals surface area contributed by atoms with Crippen LogP contribution in [0.1, 0.15) is 24.0 Å². The summed E-state index contributed by atoms with van der Waals surface area (Å²) in [5, 5.41) is 4.98. The molecule has 0 atom stereocenters. The van der Waals surface area contributed by atoms with Crippen molar-refractivity contribution in [2.24, 2.45) is 5.10 Å². The Morgan fingerprint density at radius 1 is 1.09 bits per heavy atom. The van der Waals surface area contributed by atoms with Crippen LogP contribution in [0, 0.1) is 18.6 Å². The summed E-state index contributed by atoms with van der Waals surface area (Å²) < 4.78 is 28.3. The maximum atomic E-state index is 15.0. The number of nitrogens with zero attached hydrogens (tertiary/aromatic N) is 5. The fourth-order valence-electron chi connectivity index (χ4n) is 4.18. The van der Waals surface area contributed by atoms with Crippen LogP contribution in [0.3, 0.4) is 0 Å². The zero-order valence-electron chi connectivity index (χ0n) is 18.5. The van der Waals surface area contributed by atoms with E-state index in [0.717, 1.165) is 17.7 Å². The van der Waals surface area contributed by atoms with Gasteiger partial charge < -0.3 is 9.80 Å². The molecule has 34 heavy (non-hydrogen) atoms. The lowest BCUT2D eigenvalue weighted by atomic mass is 10.1. The Labute approximate surface area is 206 Å². The van der Waals surface area contributed by atoms with Crippen LogP contribution in [0.25, 0.3) is 0 Å². The number of aromatic nitrogens is 2. The van der Waals surface area contributed by atoms with Crippen LogP contribution in [0.15, 0.2) is 64.9 Å². The van der Waals surface area contributed by atoms with Gasteiger partial charge in [-0.1, -0.05) is 29.3 Å². The number of anilines is 1. The van der Waals surface area contributed by atoms with Gasteiger partial charge in [0.15, 0.2) is 11.7 Å².